The third-order valence-corrected chi connectivity index (χ3v) is 20.8. The molecule has 0 bridgehead atoms. The van der Waals surface area contributed by atoms with E-state index in [1.165, 1.54) is 55.4 Å². The zero-order valence-electron chi connectivity index (χ0n) is 64.8. The summed E-state index contributed by atoms with van der Waals surface area (Å²) in [5.74, 6) is -10.5. The molecule has 614 valence electrons. The van der Waals surface area contributed by atoms with Gasteiger partial charge in [0.1, 0.15) is 42.3 Å². The van der Waals surface area contributed by atoms with Gasteiger partial charge in [0.25, 0.3) is 0 Å². The van der Waals surface area contributed by atoms with Crippen molar-refractivity contribution in [2.45, 2.75) is 145 Å². The first-order chi connectivity index (χ1) is 53.5. The van der Waals surface area contributed by atoms with Crippen molar-refractivity contribution >= 4 is 93.8 Å². The predicted molar refractivity (Wildman–Crippen MR) is 413 cm³/mol. The van der Waals surface area contributed by atoms with Crippen LogP contribution >= 0.6 is 0 Å². The number of benzene rings is 2. The number of para-hydroxylation sites is 1. The van der Waals surface area contributed by atoms with Crippen molar-refractivity contribution in [2.75, 3.05) is 139 Å². The van der Waals surface area contributed by atoms with Crippen molar-refractivity contribution in [1.29, 1.82) is 0 Å². The number of fused-ring (bicyclic) bond motifs is 1. The highest BCUT2D eigenvalue weighted by atomic mass is 16.4. The fourth-order valence-electron chi connectivity index (χ4n) is 14.3. The summed E-state index contributed by atoms with van der Waals surface area (Å²) >= 11 is 0. The van der Waals surface area contributed by atoms with Gasteiger partial charge in [-0.3, -0.25) is 91.8 Å². The molecule has 0 radical (unpaired) electrons. The van der Waals surface area contributed by atoms with Crippen LogP contribution in [0.15, 0.2) is 78.3 Å². The van der Waals surface area contributed by atoms with E-state index in [2.05, 4.69) is 46.5 Å². The Morgan fingerprint density at radius 3 is 1.74 bits per heavy atom. The van der Waals surface area contributed by atoms with Crippen LogP contribution in [0, 0.1) is 0 Å². The van der Waals surface area contributed by atoms with Gasteiger partial charge in [-0.1, -0.05) is 68.3 Å². The largest absolute Gasteiger partial charge is 0.480 e. The maximum Gasteiger partial charge on any atom is 0.317 e. The number of likely N-dealkylation sites (tertiary alicyclic amines) is 1. The molecule has 7 rings (SSSR count). The van der Waals surface area contributed by atoms with Crippen molar-refractivity contribution in [3.8, 4) is 0 Å². The number of amides is 10. The monoisotopic (exact) mass is 1560 g/mol. The predicted octanol–water partition coefficient (Wildman–Crippen LogP) is -2.84. The smallest absolute Gasteiger partial charge is 0.317 e. The van der Waals surface area contributed by atoms with Crippen LogP contribution in [-0.4, -0.2) is 345 Å². The number of rotatable bonds is 28. The van der Waals surface area contributed by atoms with Gasteiger partial charge < -0.3 is 88.7 Å². The summed E-state index contributed by atoms with van der Waals surface area (Å²) in [4.78, 5) is 211. The molecule has 3 aliphatic heterocycles. The molecule has 3 fully saturated rings. The maximum atomic E-state index is 15.6. The highest BCUT2D eigenvalue weighted by Crippen LogP contribution is 2.25. The number of primary amides is 1. The lowest BCUT2D eigenvalue weighted by atomic mass is 9.98. The molecule has 37 nitrogen and oxygen atoms in total. The minimum Gasteiger partial charge on any atom is -0.480 e. The minimum atomic E-state index is -1.69. The van der Waals surface area contributed by atoms with Crippen LogP contribution in [-0.2, 0) is 81.6 Å². The summed E-state index contributed by atoms with van der Waals surface area (Å²) in [6.07, 6.45) is 6.00. The second kappa shape index (κ2) is 44.4. The number of aromatic nitrogens is 3. The second-order valence-electron chi connectivity index (χ2n) is 29.1. The molecular formula is C75H113N21O16. The fourth-order valence-corrected chi connectivity index (χ4v) is 14.3. The van der Waals surface area contributed by atoms with Crippen molar-refractivity contribution in [1.82, 2.24) is 85.6 Å². The SMILES string of the molecule is CCCC[C@H](NC(=O)CN1CCC(NC(=O)CN2CCN(CC(=O)O)CCN(CC(=O)O)CCN(CC(=O)O)CC2)CC1)C(=O)N[C@H]1CC(=O)NCCCC[C@@H](C(N)=O)N(C)C(=O)[C@H](Cc2c[nH]c3ccccc23)N(C)C(=O)[C@H](CCCN=C(N)N)N(C)C(=O)[C@@H](Cc2ccccc2)NC(=O)[C@H](Cc2cnc[nH]2)N(C)C1=O. The molecule has 4 aromatic rings. The Morgan fingerprint density at radius 2 is 1.16 bits per heavy atom. The number of guanidine groups is 1. The first-order valence-corrected chi connectivity index (χ1v) is 38.2. The zero-order chi connectivity index (χ0) is 81.6. The Hall–Kier alpha value is -10.6. The Morgan fingerprint density at radius 1 is 0.598 bits per heavy atom. The molecule has 0 aliphatic carbocycles. The number of nitrogens with two attached hydrogens (primary N) is 3. The van der Waals surface area contributed by atoms with E-state index in [0.717, 1.165) is 15.8 Å². The summed E-state index contributed by atoms with van der Waals surface area (Å²) in [7, 11) is 5.56. The molecule has 3 aliphatic rings. The average Bonchev–Trinajstić information content (AvgIpc) is 1.64. The Bertz CT molecular complexity index is 3820. The first kappa shape index (κ1) is 88.6. The number of H-pyrrole nitrogens is 2. The number of carbonyl (C=O) groups excluding carboxylic acids is 10. The molecule has 0 saturated carbocycles. The fraction of sp³-hybridized carbons (Fsp3) is 0.587. The van der Waals surface area contributed by atoms with Gasteiger partial charge in [-0.05, 0) is 68.6 Å². The average molecular weight is 1560 g/mol. The van der Waals surface area contributed by atoms with Crippen LogP contribution in [0.5, 0.6) is 0 Å². The van der Waals surface area contributed by atoms with Crippen LogP contribution in [0.1, 0.15) is 94.4 Å². The molecule has 5 heterocycles. The second-order valence-corrected chi connectivity index (χ2v) is 29.1. The van der Waals surface area contributed by atoms with E-state index in [1.807, 2.05) is 41.0 Å². The standard InChI is InChI=1S/C75H113N21O16/c1-6-7-19-55(85-64(99)44-92-27-23-51(24-28-92)84-63(98)43-93-29-31-94(45-65(100)101)33-35-96(47-67(104)105)36-34-95(32-30-93)46-66(102)103)69(107)86-57-40-62(97)80-25-14-13-21-58(68(76)106)88(2)74(112)61(38-50-41-82-54-20-12-11-18-53(50)54)91(5)73(111)59(22-15-26-81-75(77)78)89(3)71(109)56(37-49-16-9-8-10-17-49)87-70(108)60(90(4)72(57)110)39-52-42-79-48-83-52/h8-12,16-18,20,41-42,48,51,55-61,82H,6-7,13-15,19,21-40,43-47H2,1-5H3,(H2,76,106)(H,79,83)(H,80,97)(H,84,98)(H,85,99)(H,86,107)(H,87,108)(H,100,101)(H,102,103)(H,104,105)(H4,77,78,81)/t55-,56+,57-,58-,59-,60-,61-/m0/s1. The van der Waals surface area contributed by atoms with Gasteiger partial charge in [0.2, 0.25) is 59.1 Å². The third-order valence-electron chi connectivity index (χ3n) is 20.8. The lowest BCUT2D eigenvalue weighted by molar-refractivity contribution is -0.152. The van der Waals surface area contributed by atoms with E-state index < -0.39 is 120 Å². The summed E-state index contributed by atoms with van der Waals surface area (Å²) < 4.78 is 0. The molecular weight excluding hydrogens is 1450 g/mol. The maximum absolute atomic E-state index is 15.6. The van der Waals surface area contributed by atoms with E-state index in [1.54, 1.807) is 51.2 Å². The molecule has 16 N–H and O–H groups in total. The van der Waals surface area contributed by atoms with Crippen LogP contribution < -0.4 is 43.8 Å². The number of aliphatic imine (C=N–C) groups is 1. The summed E-state index contributed by atoms with van der Waals surface area (Å²) in [6, 6.07) is 6.07. The number of aliphatic carboxylic acids is 3. The topological polar surface area (TPSA) is 507 Å². The van der Waals surface area contributed by atoms with Crippen molar-refractivity contribution in [3.63, 3.8) is 0 Å². The molecule has 7 atom stereocenters. The molecule has 10 amide bonds. The van der Waals surface area contributed by atoms with Crippen LogP contribution in [0.4, 0.5) is 0 Å². The summed E-state index contributed by atoms with van der Waals surface area (Å²) in [5, 5.41) is 44.0. The van der Waals surface area contributed by atoms with Gasteiger partial charge >= 0.3 is 17.9 Å². The zero-order valence-corrected chi connectivity index (χ0v) is 64.8. The number of piperidine rings is 1. The molecule has 3 saturated heterocycles. The number of imidazole rings is 1. The van der Waals surface area contributed by atoms with E-state index in [9.17, 15) is 53.7 Å². The highest BCUT2D eigenvalue weighted by molar-refractivity contribution is 5.99. The van der Waals surface area contributed by atoms with E-state index in [4.69, 9.17) is 17.2 Å². The summed E-state index contributed by atoms with van der Waals surface area (Å²) in [6.45, 7) is 3.26. The molecule has 2 aromatic carbocycles. The molecule has 37 heteroatoms. The highest BCUT2D eigenvalue weighted by Gasteiger charge is 2.42. The third kappa shape index (κ3) is 28.0. The Labute approximate surface area is 651 Å². The first-order valence-electron chi connectivity index (χ1n) is 38.2. The van der Waals surface area contributed by atoms with Crippen LogP contribution in [0.3, 0.4) is 0 Å². The number of nitrogens with one attached hydrogen (secondary N) is 7. The number of carboxylic acid groups (broad SMARTS) is 3. The van der Waals surface area contributed by atoms with E-state index in [-0.39, 0.29) is 174 Å². The van der Waals surface area contributed by atoms with Gasteiger partial charge in [-0.2, -0.15) is 0 Å². The van der Waals surface area contributed by atoms with Gasteiger partial charge in [0.15, 0.2) is 5.96 Å². The Balaban J connectivity index is 1.12. The molecule has 2 aromatic heterocycles. The van der Waals surface area contributed by atoms with Gasteiger partial charge in [-0.25, -0.2) is 4.98 Å². The van der Waals surface area contributed by atoms with Gasteiger partial charge in [0.05, 0.1) is 45.5 Å². The van der Waals surface area contributed by atoms with Crippen molar-refractivity contribution < 1.29 is 77.6 Å². The number of hydrogen-bond acceptors (Lipinski definition) is 20. The molecule has 0 spiro atoms. The van der Waals surface area contributed by atoms with Crippen molar-refractivity contribution in [3.05, 3.63) is 90.1 Å². The normalized spacial score (nSPS) is 21.7. The van der Waals surface area contributed by atoms with Crippen LogP contribution in [0.25, 0.3) is 10.9 Å². The number of carboxylic acids is 3. The number of nitrogens with zero attached hydrogens (tertiary/aromatic N) is 11. The minimum absolute atomic E-state index is 0.0162. The van der Waals surface area contributed by atoms with E-state index >= 15 is 24.0 Å². The van der Waals surface area contributed by atoms with Gasteiger partial charge in [-0.15, -0.1) is 0 Å². The lowest BCUT2D eigenvalue weighted by Crippen LogP contribution is -2.61. The van der Waals surface area contributed by atoms with Gasteiger partial charge in [0, 0.05) is 161 Å². The Kier molecular flexibility index (Phi) is 35.1. The number of likely N-dealkylation sites (N-methyl/N-ethyl adjacent to an activating group) is 4. The number of aromatic amines is 2. The number of carbonyl (C=O) groups is 13. The quantitative estimate of drug-likeness (QED) is 0.0155. The van der Waals surface area contributed by atoms with E-state index in [0.29, 0.717) is 55.6 Å². The van der Waals surface area contributed by atoms with Crippen molar-refractivity contribution in [2.24, 2.45) is 22.2 Å². The number of unbranched alkanes of at least 4 members (excludes halogenated alkanes) is 1. The molecule has 0 unspecified atom stereocenters. The lowest BCUT2D eigenvalue weighted by Gasteiger charge is -2.38. The molecule has 112 heavy (non-hydrogen) atoms. The summed E-state index contributed by atoms with van der Waals surface area (Å²) in [5.41, 5.74) is 19.9. The van der Waals surface area contributed by atoms with Crippen LogP contribution in [0.2, 0.25) is 0 Å². The number of hydrogen-bond donors (Lipinski definition) is 13.